The predicted molar refractivity (Wildman–Crippen MR) is 63.4 cm³/mol. The van der Waals surface area contributed by atoms with Gasteiger partial charge in [0.2, 0.25) is 0 Å². The van der Waals surface area contributed by atoms with Crippen LogP contribution in [0, 0.1) is 19.9 Å². The number of ether oxygens (including phenoxy) is 1. The average Bonchev–Trinajstić information content (AvgIpc) is 2.64. The van der Waals surface area contributed by atoms with E-state index in [-0.39, 0.29) is 40.0 Å². The first-order valence-electron chi connectivity index (χ1n) is 5.41. The number of benzene rings is 1. The summed E-state index contributed by atoms with van der Waals surface area (Å²) in [5.74, 6) is 1.08. The Bertz CT molecular complexity index is 301. The van der Waals surface area contributed by atoms with Crippen LogP contribution < -0.4 is 21.7 Å². The Morgan fingerprint density at radius 3 is 2.12 bits per heavy atom. The van der Waals surface area contributed by atoms with E-state index in [2.05, 4.69) is 19.9 Å². The third-order valence-electron chi connectivity index (χ3n) is 2.90. The molecule has 1 nitrogen and oxygen atoms in total. The summed E-state index contributed by atoms with van der Waals surface area (Å²) in [5, 5.41) is 0. The number of hydrogen-bond acceptors (Lipinski definition) is 1. The summed E-state index contributed by atoms with van der Waals surface area (Å²) >= 11 is 0. The molecule has 0 N–H and O–H groups in total. The third-order valence-corrected chi connectivity index (χ3v) is 2.90. The van der Waals surface area contributed by atoms with E-state index in [1.165, 1.54) is 36.8 Å². The van der Waals surface area contributed by atoms with E-state index in [1.807, 2.05) is 12.1 Å². The molecule has 0 heterocycles. The van der Waals surface area contributed by atoms with Gasteiger partial charge in [-0.25, -0.2) is 0 Å². The Kier molecular flexibility index (Phi) is 7.69. The standard InChI is InChI=1S/C13H17O.BrH.Mg/c1-10-6-5-7-11(2)13(10)14-12-8-3-4-9-12;;/h6-7,12H,3-4,8-9H2,1-2H3;1H;/q-1;;+2/p-1. The summed E-state index contributed by atoms with van der Waals surface area (Å²) in [6.07, 6.45) is 5.54. The molecule has 0 spiro atoms. The van der Waals surface area contributed by atoms with E-state index in [1.54, 1.807) is 0 Å². The van der Waals surface area contributed by atoms with Crippen molar-refractivity contribution in [1.82, 2.24) is 0 Å². The average molecular weight is 293 g/mol. The molecular weight excluding hydrogens is 276 g/mol. The molecule has 0 saturated heterocycles. The Morgan fingerprint density at radius 2 is 1.62 bits per heavy atom. The molecule has 0 radical (unpaired) electrons. The first-order chi connectivity index (χ1) is 6.77. The molecule has 0 unspecified atom stereocenters. The Labute approximate surface area is 125 Å². The van der Waals surface area contributed by atoms with E-state index in [0.29, 0.717) is 6.10 Å². The molecule has 1 aromatic carbocycles. The smallest absolute Gasteiger partial charge is 1.00 e. The largest absolute Gasteiger partial charge is 2.00 e. The Balaban J connectivity index is 0.00000112. The maximum absolute atomic E-state index is 6.02. The monoisotopic (exact) mass is 292 g/mol. The normalized spacial score (nSPS) is 15.1. The zero-order chi connectivity index (χ0) is 9.97. The second-order valence-electron chi connectivity index (χ2n) is 4.17. The molecule has 0 atom stereocenters. The van der Waals surface area contributed by atoms with Gasteiger partial charge in [0.15, 0.2) is 0 Å². The summed E-state index contributed by atoms with van der Waals surface area (Å²) in [6, 6.07) is 7.11. The Morgan fingerprint density at radius 1 is 1.12 bits per heavy atom. The molecule has 1 aliphatic rings. The van der Waals surface area contributed by atoms with E-state index in [9.17, 15) is 0 Å². The van der Waals surface area contributed by atoms with Gasteiger partial charge in [-0.05, 0) is 25.7 Å². The van der Waals surface area contributed by atoms with Gasteiger partial charge in [0.05, 0.1) is 6.10 Å². The van der Waals surface area contributed by atoms with Gasteiger partial charge in [-0.2, -0.15) is 18.2 Å². The summed E-state index contributed by atoms with van der Waals surface area (Å²) in [7, 11) is 0. The SMILES string of the molecule is Cc1c[c-]cc(C)c1OC1CCCC1.[Br-].[Mg+2]. The molecule has 1 aromatic rings. The molecule has 0 bridgehead atoms. The van der Waals surface area contributed by atoms with Gasteiger partial charge in [-0.3, -0.25) is 0 Å². The fraction of sp³-hybridized carbons (Fsp3) is 0.538. The molecule has 3 heteroatoms. The van der Waals surface area contributed by atoms with E-state index in [0.717, 1.165) is 5.75 Å². The maximum Gasteiger partial charge on any atom is 2.00 e. The molecule has 0 aliphatic heterocycles. The number of halogens is 1. The van der Waals surface area contributed by atoms with Crippen molar-refractivity contribution in [3.8, 4) is 5.75 Å². The zero-order valence-electron chi connectivity index (χ0n) is 10.1. The summed E-state index contributed by atoms with van der Waals surface area (Å²) in [6.45, 7) is 4.18. The molecule has 1 fully saturated rings. The number of aryl methyl sites for hydroxylation is 2. The molecule has 84 valence electrons. The van der Waals surface area contributed by atoms with Gasteiger partial charge >= 0.3 is 23.1 Å². The van der Waals surface area contributed by atoms with Crippen LogP contribution in [0.1, 0.15) is 36.8 Å². The van der Waals surface area contributed by atoms with Crippen LogP contribution >= 0.6 is 0 Å². The minimum absolute atomic E-state index is 0. The van der Waals surface area contributed by atoms with Crippen molar-refractivity contribution < 1.29 is 21.7 Å². The predicted octanol–water partition coefficient (Wildman–Crippen LogP) is 0.0482. The summed E-state index contributed by atoms with van der Waals surface area (Å²) in [4.78, 5) is 0. The van der Waals surface area contributed by atoms with Crippen LogP contribution in [0.2, 0.25) is 0 Å². The first-order valence-corrected chi connectivity index (χ1v) is 5.41. The first kappa shape index (κ1) is 16.3. The van der Waals surface area contributed by atoms with Crippen LogP contribution in [0.3, 0.4) is 0 Å². The van der Waals surface area contributed by atoms with Crippen molar-refractivity contribution in [1.29, 1.82) is 0 Å². The van der Waals surface area contributed by atoms with Crippen molar-refractivity contribution in [3.63, 3.8) is 0 Å². The van der Waals surface area contributed by atoms with Gasteiger partial charge < -0.3 is 21.7 Å². The fourth-order valence-corrected chi connectivity index (χ4v) is 2.09. The second kappa shape index (κ2) is 7.56. The minimum atomic E-state index is 0. The van der Waals surface area contributed by atoms with Gasteiger partial charge in [-0.1, -0.05) is 13.8 Å². The van der Waals surface area contributed by atoms with E-state index < -0.39 is 0 Å². The third kappa shape index (κ3) is 3.93. The molecule has 2 rings (SSSR count). The Hall–Kier alpha value is 0.266. The van der Waals surface area contributed by atoms with Crippen molar-refractivity contribution in [3.05, 3.63) is 29.3 Å². The van der Waals surface area contributed by atoms with Crippen LogP contribution in [-0.4, -0.2) is 29.2 Å². The number of hydrogen-bond donors (Lipinski definition) is 0. The molecule has 16 heavy (non-hydrogen) atoms. The van der Waals surface area contributed by atoms with Crippen molar-refractivity contribution in [2.75, 3.05) is 0 Å². The second-order valence-corrected chi connectivity index (χ2v) is 4.17. The fourth-order valence-electron chi connectivity index (χ4n) is 2.09. The van der Waals surface area contributed by atoms with Crippen molar-refractivity contribution >= 4 is 23.1 Å². The quantitative estimate of drug-likeness (QED) is 0.553. The minimum Gasteiger partial charge on any atom is -1.00 e. The molecule has 1 aliphatic carbocycles. The maximum atomic E-state index is 6.02. The number of rotatable bonds is 2. The van der Waals surface area contributed by atoms with Gasteiger partial charge in [0.25, 0.3) is 0 Å². The molecule has 0 amide bonds. The van der Waals surface area contributed by atoms with Crippen LogP contribution in [0.15, 0.2) is 12.1 Å². The van der Waals surface area contributed by atoms with Gasteiger partial charge in [0.1, 0.15) is 0 Å². The zero-order valence-corrected chi connectivity index (χ0v) is 13.1. The van der Waals surface area contributed by atoms with Crippen LogP contribution in [0.25, 0.3) is 0 Å². The summed E-state index contributed by atoms with van der Waals surface area (Å²) < 4.78 is 6.02. The van der Waals surface area contributed by atoms with Crippen LogP contribution in [-0.2, 0) is 0 Å². The van der Waals surface area contributed by atoms with Gasteiger partial charge in [0, 0.05) is 5.75 Å². The van der Waals surface area contributed by atoms with Crippen LogP contribution in [0.4, 0.5) is 0 Å². The van der Waals surface area contributed by atoms with Crippen molar-refractivity contribution in [2.24, 2.45) is 0 Å². The van der Waals surface area contributed by atoms with Crippen molar-refractivity contribution in [2.45, 2.75) is 45.6 Å². The van der Waals surface area contributed by atoms with E-state index in [4.69, 9.17) is 4.74 Å². The molecular formula is C13H17BrMgO. The molecule has 0 aromatic heterocycles. The van der Waals surface area contributed by atoms with Gasteiger partial charge in [-0.15, -0.1) is 11.1 Å². The topological polar surface area (TPSA) is 9.23 Å². The van der Waals surface area contributed by atoms with Crippen LogP contribution in [0.5, 0.6) is 5.75 Å². The molecule has 1 saturated carbocycles. The summed E-state index contributed by atoms with van der Waals surface area (Å²) in [5.41, 5.74) is 2.41. The van der Waals surface area contributed by atoms with E-state index >= 15 is 0 Å².